The summed E-state index contributed by atoms with van der Waals surface area (Å²) in [5, 5.41) is 7.63. The summed E-state index contributed by atoms with van der Waals surface area (Å²) in [6, 6.07) is 0.320. The lowest BCUT2D eigenvalue weighted by molar-refractivity contribution is 0.255. The Hall–Kier alpha value is -0.590. The monoisotopic (exact) mass is 282 g/mol. The van der Waals surface area contributed by atoms with Gasteiger partial charge in [-0.1, -0.05) is 5.16 Å². The molecule has 6 heteroatoms. The fourth-order valence-electron chi connectivity index (χ4n) is 2.79. The molecule has 2 unspecified atom stereocenters. The normalized spacial score (nSPS) is 29.5. The van der Waals surface area contributed by atoms with Gasteiger partial charge in [0.15, 0.2) is 5.82 Å². The van der Waals surface area contributed by atoms with Gasteiger partial charge < -0.3 is 9.84 Å². The molecule has 0 spiro atoms. The van der Waals surface area contributed by atoms with Crippen LogP contribution in [0.4, 0.5) is 0 Å². The van der Waals surface area contributed by atoms with Crippen LogP contribution in [0.15, 0.2) is 4.52 Å². The Morgan fingerprint density at radius 3 is 3.26 bits per heavy atom. The Bertz CT molecular complexity index is 405. The van der Waals surface area contributed by atoms with E-state index in [1.165, 1.54) is 18.6 Å². The maximum Gasteiger partial charge on any atom is 0.227 e. The first-order valence-electron chi connectivity index (χ1n) is 7.14. The molecule has 5 nitrogen and oxygen atoms in total. The maximum absolute atomic E-state index is 5.44. The minimum absolute atomic E-state index is 0.320. The van der Waals surface area contributed by atoms with Crippen molar-refractivity contribution in [2.45, 2.75) is 25.3 Å². The maximum atomic E-state index is 5.44. The third-order valence-corrected chi connectivity index (χ3v) is 5.06. The van der Waals surface area contributed by atoms with Gasteiger partial charge in [-0.2, -0.15) is 16.7 Å². The molecule has 106 valence electrons. The van der Waals surface area contributed by atoms with E-state index in [9.17, 15) is 0 Å². The Morgan fingerprint density at radius 1 is 1.53 bits per heavy atom. The lowest BCUT2D eigenvalue weighted by Crippen LogP contribution is -2.33. The second-order valence-corrected chi connectivity index (χ2v) is 6.68. The minimum atomic E-state index is 0.320. The number of aromatic nitrogens is 2. The van der Waals surface area contributed by atoms with Gasteiger partial charge in [-0.15, -0.1) is 0 Å². The number of hydrogen-bond donors (Lipinski definition) is 1. The van der Waals surface area contributed by atoms with Crippen molar-refractivity contribution in [3.8, 4) is 0 Å². The Kier molecular flexibility index (Phi) is 4.40. The van der Waals surface area contributed by atoms with Gasteiger partial charge in [0.1, 0.15) is 0 Å². The standard InChI is InChI=1S/C13H22N4OS/c1-17-5-6-19-9-11(17)13-15-12(18-16-13)7-10-3-2-4-14-8-10/h10-11,14H,2-9H2,1H3. The van der Waals surface area contributed by atoms with Crippen molar-refractivity contribution in [1.82, 2.24) is 20.4 Å². The number of thioether (sulfide) groups is 1. The summed E-state index contributed by atoms with van der Waals surface area (Å²) in [7, 11) is 2.14. The molecule has 1 aromatic heterocycles. The van der Waals surface area contributed by atoms with Crippen LogP contribution in [0.1, 0.15) is 30.6 Å². The summed E-state index contributed by atoms with van der Waals surface area (Å²) in [5.74, 6) is 4.60. The van der Waals surface area contributed by atoms with E-state index in [1.807, 2.05) is 11.8 Å². The van der Waals surface area contributed by atoms with Gasteiger partial charge in [0, 0.05) is 24.5 Å². The third kappa shape index (κ3) is 3.30. The highest BCUT2D eigenvalue weighted by atomic mass is 32.2. The molecule has 2 aliphatic rings. The number of piperidine rings is 1. The lowest BCUT2D eigenvalue weighted by atomic mass is 9.96. The van der Waals surface area contributed by atoms with Crippen molar-refractivity contribution >= 4 is 11.8 Å². The summed E-state index contributed by atoms with van der Waals surface area (Å²) in [4.78, 5) is 6.94. The van der Waals surface area contributed by atoms with E-state index < -0.39 is 0 Å². The number of nitrogens with one attached hydrogen (secondary N) is 1. The smallest absolute Gasteiger partial charge is 0.227 e. The molecule has 2 fully saturated rings. The second kappa shape index (κ2) is 6.24. The van der Waals surface area contributed by atoms with Crippen LogP contribution >= 0.6 is 11.8 Å². The molecule has 3 rings (SSSR count). The fourth-order valence-corrected chi connectivity index (χ4v) is 4.00. The molecule has 0 aromatic carbocycles. The van der Waals surface area contributed by atoms with E-state index in [0.717, 1.165) is 43.5 Å². The van der Waals surface area contributed by atoms with Crippen molar-refractivity contribution < 1.29 is 4.52 Å². The number of nitrogens with zero attached hydrogens (tertiary/aromatic N) is 3. The summed E-state index contributed by atoms with van der Waals surface area (Å²) >= 11 is 1.97. The van der Waals surface area contributed by atoms with Gasteiger partial charge in [0.25, 0.3) is 0 Å². The number of hydrogen-bond acceptors (Lipinski definition) is 6. The van der Waals surface area contributed by atoms with Crippen molar-refractivity contribution in [1.29, 1.82) is 0 Å². The topological polar surface area (TPSA) is 54.2 Å². The SMILES string of the molecule is CN1CCSCC1c1noc(CC2CCCNC2)n1. The van der Waals surface area contributed by atoms with Crippen molar-refractivity contribution in [3.05, 3.63) is 11.7 Å². The first kappa shape index (κ1) is 13.4. The van der Waals surface area contributed by atoms with E-state index in [-0.39, 0.29) is 0 Å². The molecule has 0 bridgehead atoms. The zero-order valence-corrected chi connectivity index (χ0v) is 12.3. The Balaban J connectivity index is 1.61. The molecule has 2 aliphatic heterocycles. The third-order valence-electron chi connectivity index (χ3n) is 4.04. The largest absolute Gasteiger partial charge is 0.339 e. The van der Waals surface area contributed by atoms with Crippen LogP contribution in [-0.4, -0.2) is 53.2 Å². The average molecular weight is 282 g/mol. The van der Waals surface area contributed by atoms with Gasteiger partial charge >= 0.3 is 0 Å². The molecule has 19 heavy (non-hydrogen) atoms. The highest BCUT2D eigenvalue weighted by Crippen LogP contribution is 2.26. The second-order valence-electron chi connectivity index (χ2n) is 5.53. The molecule has 0 saturated carbocycles. The quantitative estimate of drug-likeness (QED) is 0.903. The summed E-state index contributed by atoms with van der Waals surface area (Å²) in [5.41, 5.74) is 0. The summed E-state index contributed by atoms with van der Waals surface area (Å²) in [6.45, 7) is 3.33. The van der Waals surface area contributed by atoms with Crippen LogP contribution in [0.3, 0.4) is 0 Å². The van der Waals surface area contributed by atoms with Crippen LogP contribution in [0.2, 0.25) is 0 Å². The summed E-state index contributed by atoms with van der Waals surface area (Å²) < 4.78 is 5.44. The van der Waals surface area contributed by atoms with Gasteiger partial charge in [0.05, 0.1) is 6.04 Å². The molecule has 1 N–H and O–H groups in total. The van der Waals surface area contributed by atoms with Crippen molar-refractivity contribution in [3.63, 3.8) is 0 Å². The molecule has 0 aliphatic carbocycles. The van der Waals surface area contributed by atoms with Gasteiger partial charge in [-0.3, -0.25) is 4.90 Å². The first-order valence-corrected chi connectivity index (χ1v) is 8.29. The lowest BCUT2D eigenvalue weighted by Gasteiger charge is -2.29. The molecular weight excluding hydrogens is 260 g/mol. The fraction of sp³-hybridized carbons (Fsp3) is 0.846. The first-order chi connectivity index (χ1) is 9.33. The van der Waals surface area contributed by atoms with Gasteiger partial charge in [0.2, 0.25) is 5.89 Å². The average Bonchev–Trinajstić information content (AvgIpc) is 2.89. The molecule has 2 atom stereocenters. The molecule has 1 aromatic rings. The predicted molar refractivity (Wildman–Crippen MR) is 76.3 cm³/mol. The minimum Gasteiger partial charge on any atom is -0.339 e. The molecule has 3 heterocycles. The van der Waals surface area contributed by atoms with Crippen LogP contribution in [0, 0.1) is 5.92 Å². The van der Waals surface area contributed by atoms with Crippen LogP contribution in [0.5, 0.6) is 0 Å². The Labute approximate surface area is 118 Å². The molecule has 0 amide bonds. The van der Waals surface area contributed by atoms with Gasteiger partial charge in [-0.05, 0) is 38.9 Å². The highest BCUT2D eigenvalue weighted by molar-refractivity contribution is 7.99. The zero-order chi connectivity index (χ0) is 13.1. The van der Waals surface area contributed by atoms with E-state index in [0.29, 0.717) is 12.0 Å². The molecular formula is C13H22N4OS. The predicted octanol–water partition coefficient (Wildman–Crippen LogP) is 1.33. The number of rotatable bonds is 3. The van der Waals surface area contributed by atoms with E-state index in [1.54, 1.807) is 0 Å². The highest BCUT2D eigenvalue weighted by Gasteiger charge is 2.26. The van der Waals surface area contributed by atoms with Crippen molar-refractivity contribution in [2.24, 2.45) is 5.92 Å². The summed E-state index contributed by atoms with van der Waals surface area (Å²) in [6.07, 6.45) is 3.45. The molecule has 0 radical (unpaired) electrons. The van der Waals surface area contributed by atoms with Crippen LogP contribution < -0.4 is 5.32 Å². The van der Waals surface area contributed by atoms with Crippen LogP contribution in [0.25, 0.3) is 0 Å². The van der Waals surface area contributed by atoms with Crippen molar-refractivity contribution in [2.75, 3.05) is 38.2 Å². The van der Waals surface area contributed by atoms with Crippen LogP contribution in [-0.2, 0) is 6.42 Å². The Morgan fingerprint density at radius 2 is 2.47 bits per heavy atom. The molecule has 2 saturated heterocycles. The van der Waals surface area contributed by atoms with Gasteiger partial charge in [-0.25, -0.2) is 0 Å². The van der Waals surface area contributed by atoms with E-state index in [4.69, 9.17) is 4.52 Å². The zero-order valence-electron chi connectivity index (χ0n) is 11.5. The van der Waals surface area contributed by atoms with E-state index >= 15 is 0 Å². The van der Waals surface area contributed by atoms with E-state index in [2.05, 4.69) is 27.4 Å².